The first kappa shape index (κ1) is 32.9. The summed E-state index contributed by atoms with van der Waals surface area (Å²) < 4.78 is 28.2. The van der Waals surface area contributed by atoms with Crippen LogP contribution in [-0.4, -0.2) is 134 Å². The molecular formula is C32H55ClFN7O3. The summed E-state index contributed by atoms with van der Waals surface area (Å²) >= 11 is 7.32. The van der Waals surface area contributed by atoms with Gasteiger partial charge in [-0.25, -0.2) is 9.18 Å². The number of urea groups is 1. The quantitative estimate of drug-likeness (QED) is 0.200. The number of hydrogen-bond acceptors (Lipinski definition) is 8. The predicted octanol–water partition coefficient (Wildman–Crippen LogP) is 2.30. The van der Waals surface area contributed by atoms with E-state index < -0.39 is 6.17 Å². The fourth-order valence-corrected chi connectivity index (χ4v) is 9.69. The van der Waals surface area contributed by atoms with Crippen molar-refractivity contribution < 1.29 is 18.7 Å². The third-order valence-electron chi connectivity index (χ3n) is 11.2. The number of alkyl halides is 2. The predicted molar refractivity (Wildman–Crippen MR) is 170 cm³/mol. The van der Waals surface area contributed by atoms with Crippen molar-refractivity contribution in [3.63, 3.8) is 0 Å². The Morgan fingerprint density at radius 1 is 1.18 bits per heavy atom. The summed E-state index contributed by atoms with van der Waals surface area (Å²) in [5, 5.41) is 14.5. The molecule has 0 radical (unpaired) electrons. The van der Waals surface area contributed by atoms with Gasteiger partial charge in [-0.05, 0) is 51.5 Å². The van der Waals surface area contributed by atoms with Crippen molar-refractivity contribution >= 4 is 17.6 Å². The number of rotatable bonds is 6. The maximum atomic E-state index is 15.9. The van der Waals surface area contributed by atoms with Crippen LogP contribution < -0.4 is 21.3 Å². The molecule has 12 heteroatoms. The van der Waals surface area contributed by atoms with E-state index in [0.717, 1.165) is 45.4 Å². The summed E-state index contributed by atoms with van der Waals surface area (Å²) in [6.07, 6.45) is 4.20. The Bertz CT molecular complexity index is 997. The number of piperazine rings is 1. The van der Waals surface area contributed by atoms with Gasteiger partial charge in [-0.2, -0.15) is 0 Å². The van der Waals surface area contributed by atoms with Crippen LogP contribution in [0.25, 0.3) is 0 Å². The zero-order valence-corrected chi connectivity index (χ0v) is 27.6. The van der Waals surface area contributed by atoms with Gasteiger partial charge >= 0.3 is 6.03 Å². The Morgan fingerprint density at radius 2 is 2.02 bits per heavy atom. The van der Waals surface area contributed by atoms with Gasteiger partial charge in [0, 0.05) is 67.6 Å². The summed E-state index contributed by atoms with van der Waals surface area (Å²) in [7, 11) is 0. The highest BCUT2D eigenvalue weighted by molar-refractivity contribution is 6.21. The van der Waals surface area contributed by atoms with Gasteiger partial charge in [-0.15, -0.1) is 18.2 Å². The van der Waals surface area contributed by atoms with Crippen molar-refractivity contribution in [2.24, 2.45) is 17.8 Å². The molecule has 2 bridgehead atoms. The summed E-state index contributed by atoms with van der Waals surface area (Å²) in [5.41, 5.74) is 0. The minimum atomic E-state index is -0.939. The number of fused-ring (bicyclic) bond motifs is 5. The van der Waals surface area contributed by atoms with E-state index >= 15 is 4.39 Å². The van der Waals surface area contributed by atoms with Crippen LogP contribution >= 0.6 is 11.6 Å². The molecule has 0 aromatic rings. The Kier molecular flexibility index (Phi) is 10.7. The summed E-state index contributed by atoms with van der Waals surface area (Å²) in [6.45, 7) is 16.1. The highest BCUT2D eigenvalue weighted by Gasteiger charge is 2.57. The van der Waals surface area contributed by atoms with E-state index in [0.29, 0.717) is 45.2 Å². The van der Waals surface area contributed by atoms with E-state index in [2.05, 4.69) is 63.3 Å². The highest BCUT2D eigenvalue weighted by Crippen LogP contribution is 2.42. The lowest BCUT2D eigenvalue weighted by Gasteiger charge is -2.60. The molecule has 10 nitrogen and oxygen atoms in total. The van der Waals surface area contributed by atoms with E-state index in [-0.39, 0.29) is 71.9 Å². The molecule has 4 N–H and O–H groups in total. The Balaban J connectivity index is 1.33. The maximum Gasteiger partial charge on any atom is 0.320 e. The van der Waals surface area contributed by atoms with Crippen LogP contribution in [-0.2, 0) is 9.47 Å². The van der Waals surface area contributed by atoms with Gasteiger partial charge in [0.15, 0.2) is 0 Å². The van der Waals surface area contributed by atoms with Gasteiger partial charge in [-0.1, -0.05) is 19.9 Å². The molecule has 0 aromatic carbocycles. The molecule has 2 amide bonds. The van der Waals surface area contributed by atoms with E-state index in [1.54, 1.807) is 6.08 Å². The lowest BCUT2D eigenvalue weighted by Crippen LogP contribution is -2.80. The van der Waals surface area contributed by atoms with Crippen molar-refractivity contribution in [2.75, 3.05) is 52.7 Å². The van der Waals surface area contributed by atoms with Crippen LogP contribution in [0.3, 0.4) is 0 Å². The molecule has 5 aliphatic heterocycles. The van der Waals surface area contributed by atoms with Crippen molar-refractivity contribution in [2.45, 2.75) is 113 Å². The van der Waals surface area contributed by atoms with E-state index in [1.807, 2.05) is 0 Å². The second kappa shape index (κ2) is 14.4. The molecule has 1 saturated carbocycles. The number of ether oxygens (including phenoxy) is 2. The third-order valence-corrected chi connectivity index (χ3v) is 11.7. The van der Waals surface area contributed by atoms with Gasteiger partial charge in [0.25, 0.3) is 0 Å². The van der Waals surface area contributed by atoms with Crippen LogP contribution in [0.15, 0.2) is 12.7 Å². The molecular weight excluding hydrogens is 585 g/mol. The maximum absolute atomic E-state index is 15.9. The zero-order valence-electron chi connectivity index (χ0n) is 26.8. The SMILES string of the molecule is C=CCOCN1CCN(C2NC(=O)N3C4NC(C(Cl)CC42)C2C(F)CCCC2NCCOC2CCNC(C(C)C)C23)[C@@H](C)C1. The molecule has 5 heterocycles. The molecule has 250 valence electrons. The summed E-state index contributed by atoms with van der Waals surface area (Å²) in [6, 6.07) is -0.137. The molecule has 0 aromatic heterocycles. The molecule has 0 spiro atoms. The van der Waals surface area contributed by atoms with Crippen LogP contribution in [0.2, 0.25) is 0 Å². The van der Waals surface area contributed by atoms with E-state index in [1.165, 1.54) is 0 Å². The molecule has 5 saturated heterocycles. The Morgan fingerprint density at radius 3 is 2.80 bits per heavy atom. The average Bonchev–Trinajstić information content (AvgIpc) is 2.99. The molecule has 6 aliphatic rings. The largest absolute Gasteiger partial charge is 0.375 e. The van der Waals surface area contributed by atoms with Crippen LogP contribution in [0.4, 0.5) is 9.18 Å². The number of piperidine rings is 2. The van der Waals surface area contributed by atoms with Crippen LogP contribution in [0, 0.1) is 17.8 Å². The second-order valence-electron chi connectivity index (χ2n) is 14.3. The number of carbonyl (C=O) groups is 1. The zero-order chi connectivity index (χ0) is 31.0. The van der Waals surface area contributed by atoms with Crippen molar-refractivity contribution in [3.8, 4) is 0 Å². The molecule has 44 heavy (non-hydrogen) atoms. The minimum Gasteiger partial charge on any atom is -0.375 e. The number of carbonyl (C=O) groups excluding carboxylic acids is 1. The normalized spacial score (nSPS) is 44.1. The fraction of sp³-hybridized carbons (Fsp3) is 0.906. The summed E-state index contributed by atoms with van der Waals surface area (Å²) in [5.74, 6) is 0.0795. The van der Waals surface area contributed by atoms with Gasteiger partial charge < -0.3 is 30.3 Å². The van der Waals surface area contributed by atoms with E-state index in [9.17, 15) is 4.79 Å². The van der Waals surface area contributed by atoms with Gasteiger partial charge in [0.05, 0.1) is 44.4 Å². The van der Waals surface area contributed by atoms with Gasteiger partial charge in [-0.3, -0.25) is 15.1 Å². The fourth-order valence-electron chi connectivity index (χ4n) is 9.24. The molecule has 6 fully saturated rings. The Hall–Kier alpha value is -1.05. The van der Waals surface area contributed by atoms with Gasteiger partial charge in [0.1, 0.15) is 6.17 Å². The monoisotopic (exact) mass is 639 g/mol. The number of hydrogen-bond donors (Lipinski definition) is 4. The van der Waals surface area contributed by atoms with Crippen LogP contribution in [0.1, 0.15) is 52.9 Å². The number of nitrogens with one attached hydrogen (secondary N) is 4. The number of halogens is 2. The standard InChI is InChI=1S/C32H55ClFN7O3/c1-5-14-43-18-39-12-13-40(20(4)17-39)30-21-16-22(33)28-26-23(34)7-6-8-24(26)35-11-15-44-25-9-10-36-27(19(2)3)29(25)41(31(21)37-28)32(42)38-30/h5,19-31,35-37H,1,6-18H2,2-4H3,(H,38,42)/t20-,21?,22?,23?,24?,25?,26?,27?,28?,29?,30?,31?/m0/s1. The highest BCUT2D eigenvalue weighted by atomic mass is 35.5. The molecule has 11 unspecified atom stereocenters. The van der Waals surface area contributed by atoms with Crippen molar-refractivity contribution in [1.29, 1.82) is 0 Å². The average molecular weight is 640 g/mol. The van der Waals surface area contributed by atoms with E-state index in [4.69, 9.17) is 21.1 Å². The minimum absolute atomic E-state index is 0.0300. The van der Waals surface area contributed by atoms with Crippen LogP contribution in [0.5, 0.6) is 0 Å². The molecule has 6 rings (SSSR count). The second-order valence-corrected chi connectivity index (χ2v) is 14.9. The first-order valence-electron chi connectivity index (χ1n) is 17.2. The topological polar surface area (TPSA) is 93.4 Å². The third kappa shape index (κ3) is 6.54. The summed E-state index contributed by atoms with van der Waals surface area (Å²) in [4.78, 5) is 21.3. The number of nitrogens with zero attached hydrogens (tertiary/aromatic N) is 3. The first-order chi connectivity index (χ1) is 21.3. The lowest BCUT2D eigenvalue weighted by molar-refractivity contribution is -0.110. The smallest absolute Gasteiger partial charge is 0.320 e. The molecule has 12 atom stereocenters. The van der Waals surface area contributed by atoms with Crippen molar-refractivity contribution in [3.05, 3.63) is 12.7 Å². The Labute approximate surface area is 268 Å². The molecule has 1 aliphatic carbocycles. The lowest BCUT2D eigenvalue weighted by atomic mass is 9.72. The first-order valence-corrected chi connectivity index (χ1v) is 17.6. The van der Waals surface area contributed by atoms with Gasteiger partial charge in [0.2, 0.25) is 0 Å². The number of amides is 2. The van der Waals surface area contributed by atoms with Crippen molar-refractivity contribution in [1.82, 2.24) is 36.0 Å².